The summed E-state index contributed by atoms with van der Waals surface area (Å²) in [5.41, 5.74) is -0.797. The summed E-state index contributed by atoms with van der Waals surface area (Å²) in [6.07, 6.45) is 1.62. The van der Waals surface area contributed by atoms with Gasteiger partial charge in [-0.25, -0.2) is 3.96 Å². The third-order valence-electron chi connectivity index (χ3n) is 3.55. The maximum atomic E-state index is 12.4. The second-order valence-electron chi connectivity index (χ2n) is 4.82. The normalized spacial score (nSPS) is 24.2. The summed E-state index contributed by atoms with van der Waals surface area (Å²) >= 11 is 1.38. The zero-order valence-electron chi connectivity index (χ0n) is 10.1. The van der Waals surface area contributed by atoms with Gasteiger partial charge in [-0.05, 0) is 31.9 Å². The molecule has 1 fully saturated rings. The van der Waals surface area contributed by atoms with E-state index in [4.69, 9.17) is 0 Å². The first-order valence-corrected chi connectivity index (χ1v) is 6.80. The van der Waals surface area contributed by atoms with Crippen LogP contribution in [-0.4, -0.2) is 16.4 Å². The Hall–Kier alpha value is -1.62. The standard InChI is InChI=1S/C13H14N2O2S/c1-13(7-4-8-14-12(13)17)15-11(16)9-5-2-3-6-10(9)18-15/h2-3,5-6H,4,7-8H2,1H3,(H,14,17). The third-order valence-corrected chi connectivity index (χ3v) is 4.86. The van der Waals surface area contributed by atoms with Crippen LogP contribution in [0.5, 0.6) is 0 Å². The molecule has 1 atom stereocenters. The lowest BCUT2D eigenvalue weighted by Crippen LogP contribution is -2.52. The van der Waals surface area contributed by atoms with Crippen molar-refractivity contribution in [2.75, 3.05) is 6.54 Å². The molecule has 3 rings (SSSR count). The summed E-state index contributed by atoms with van der Waals surface area (Å²) in [4.78, 5) is 24.5. The van der Waals surface area contributed by atoms with E-state index in [0.29, 0.717) is 18.4 Å². The number of nitrogens with one attached hydrogen (secondary N) is 1. The van der Waals surface area contributed by atoms with Crippen LogP contribution in [0.1, 0.15) is 19.8 Å². The molecule has 0 bridgehead atoms. The fourth-order valence-electron chi connectivity index (χ4n) is 2.43. The highest BCUT2D eigenvalue weighted by molar-refractivity contribution is 7.14. The van der Waals surface area contributed by atoms with Crippen LogP contribution >= 0.6 is 11.5 Å². The van der Waals surface area contributed by atoms with Crippen LogP contribution in [0.3, 0.4) is 0 Å². The summed E-state index contributed by atoms with van der Waals surface area (Å²) in [5.74, 6) is -0.0533. The highest BCUT2D eigenvalue weighted by Gasteiger charge is 2.39. The highest BCUT2D eigenvalue weighted by atomic mass is 32.1. The zero-order valence-corrected chi connectivity index (χ0v) is 10.9. The van der Waals surface area contributed by atoms with Gasteiger partial charge in [0.05, 0.1) is 10.1 Å². The van der Waals surface area contributed by atoms with Crippen LogP contribution in [0.2, 0.25) is 0 Å². The summed E-state index contributed by atoms with van der Waals surface area (Å²) < 4.78 is 2.56. The van der Waals surface area contributed by atoms with Crippen molar-refractivity contribution in [2.45, 2.75) is 25.3 Å². The van der Waals surface area contributed by atoms with E-state index in [1.165, 1.54) is 11.5 Å². The predicted molar refractivity (Wildman–Crippen MR) is 72.0 cm³/mol. The van der Waals surface area contributed by atoms with Crippen molar-refractivity contribution in [1.29, 1.82) is 0 Å². The molecule has 1 unspecified atom stereocenters. The second-order valence-corrected chi connectivity index (χ2v) is 5.81. The molecule has 1 aromatic heterocycles. The number of piperidine rings is 1. The smallest absolute Gasteiger partial charge is 0.269 e. The van der Waals surface area contributed by atoms with Crippen molar-refractivity contribution in [3.8, 4) is 0 Å². The van der Waals surface area contributed by atoms with Gasteiger partial charge >= 0.3 is 0 Å². The lowest BCUT2D eigenvalue weighted by molar-refractivity contribution is -0.130. The zero-order chi connectivity index (χ0) is 12.8. The quantitative estimate of drug-likeness (QED) is 0.850. The molecule has 0 spiro atoms. The summed E-state index contributed by atoms with van der Waals surface area (Å²) in [5, 5.41) is 3.55. The first-order chi connectivity index (χ1) is 8.63. The van der Waals surface area contributed by atoms with Gasteiger partial charge < -0.3 is 5.32 Å². The van der Waals surface area contributed by atoms with Gasteiger partial charge in [0.1, 0.15) is 5.54 Å². The van der Waals surface area contributed by atoms with Gasteiger partial charge in [-0.2, -0.15) is 0 Å². The van der Waals surface area contributed by atoms with E-state index in [9.17, 15) is 9.59 Å². The Kier molecular flexibility index (Phi) is 2.52. The lowest BCUT2D eigenvalue weighted by Gasteiger charge is -2.32. The number of hydrogen-bond acceptors (Lipinski definition) is 3. The Morgan fingerprint density at radius 1 is 1.33 bits per heavy atom. The SMILES string of the molecule is CC1(n2sc3ccccc3c2=O)CCCNC1=O. The van der Waals surface area contributed by atoms with Crippen molar-refractivity contribution in [1.82, 2.24) is 9.27 Å². The number of fused-ring (bicyclic) bond motifs is 1. The molecule has 2 aromatic rings. The second kappa shape index (κ2) is 3.95. The Morgan fingerprint density at radius 3 is 2.83 bits per heavy atom. The van der Waals surface area contributed by atoms with E-state index in [-0.39, 0.29) is 11.5 Å². The molecular weight excluding hydrogens is 248 g/mol. The maximum Gasteiger partial charge on any atom is 0.269 e. The number of benzene rings is 1. The van der Waals surface area contributed by atoms with Crippen LogP contribution < -0.4 is 10.9 Å². The minimum Gasteiger partial charge on any atom is -0.354 e. The molecule has 1 aromatic carbocycles. The molecule has 5 heteroatoms. The number of nitrogens with zero attached hydrogens (tertiary/aromatic N) is 1. The molecule has 0 saturated carbocycles. The van der Waals surface area contributed by atoms with Gasteiger partial charge in [0.25, 0.3) is 5.56 Å². The Morgan fingerprint density at radius 2 is 2.11 bits per heavy atom. The van der Waals surface area contributed by atoms with E-state index >= 15 is 0 Å². The van der Waals surface area contributed by atoms with Gasteiger partial charge in [0.2, 0.25) is 5.91 Å². The molecule has 0 radical (unpaired) electrons. The van der Waals surface area contributed by atoms with Crippen molar-refractivity contribution >= 4 is 27.5 Å². The minimum absolute atomic E-state index is 0.0533. The van der Waals surface area contributed by atoms with Gasteiger partial charge in [-0.1, -0.05) is 23.7 Å². The van der Waals surface area contributed by atoms with Crippen LogP contribution in [-0.2, 0) is 10.3 Å². The van der Waals surface area contributed by atoms with Gasteiger partial charge in [-0.15, -0.1) is 0 Å². The average Bonchev–Trinajstić information content (AvgIpc) is 2.72. The first kappa shape index (κ1) is 11.5. The van der Waals surface area contributed by atoms with Gasteiger partial charge in [0, 0.05) is 6.54 Å². The summed E-state index contributed by atoms with van der Waals surface area (Å²) in [6.45, 7) is 2.55. The fraction of sp³-hybridized carbons (Fsp3) is 0.385. The number of hydrogen-bond donors (Lipinski definition) is 1. The van der Waals surface area contributed by atoms with Gasteiger partial charge in [-0.3, -0.25) is 9.59 Å². The molecule has 1 N–H and O–H groups in total. The van der Waals surface area contributed by atoms with Crippen LogP contribution in [0, 0.1) is 0 Å². The van der Waals surface area contributed by atoms with Crippen LogP contribution in [0.25, 0.3) is 10.1 Å². The van der Waals surface area contributed by atoms with E-state index in [1.54, 1.807) is 3.96 Å². The molecule has 18 heavy (non-hydrogen) atoms. The number of amides is 1. The predicted octanol–water partition coefficient (Wildman–Crippen LogP) is 1.69. The van der Waals surface area contributed by atoms with Crippen LogP contribution in [0.4, 0.5) is 0 Å². The Labute approximate surface area is 108 Å². The highest BCUT2D eigenvalue weighted by Crippen LogP contribution is 2.29. The van der Waals surface area contributed by atoms with Crippen molar-refractivity contribution in [3.63, 3.8) is 0 Å². The molecule has 94 valence electrons. The molecule has 0 aliphatic carbocycles. The number of carbonyl (C=O) groups excluding carboxylic acids is 1. The molecule has 2 heterocycles. The number of rotatable bonds is 1. The fourth-order valence-corrected chi connectivity index (χ4v) is 3.58. The molecule has 1 aliphatic heterocycles. The molecule has 1 saturated heterocycles. The van der Waals surface area contributed by atoms with Crippen molar-refractivity contribution in [2.24, 2.45) is 0 Å². The maximum absolute atomic E-state index is 12.4. The lowest BCUT2D eigenvalue weighted by atomic mass is 9.92. The molecule has 1 amide bonds. The number of carbonyl (C=O) groups is 1. The van der Waals surface area contributed by atoms with Gasteiger partial charge in [0.15, 0.2) is 0 Å². The number of aromatic nitrogens is 1. The minimum atomic E-state index is -0.737. The average molecular weight is 262 g/mol. The molecule has 1 aliphatic rings. The van der Waals surface area contributed by atoms with E-state index in [0.717, 1.165) is 11.1 Å². The Bertz CT molecular complexity index is 673. The van der Waals surface area contributed by atoms with Crippen molar-refractivity contribution < 1.29 is 4.79 Å². The molecular formula is C13H14N2O2S. The Balaban J connectivity index is 2.22. The topological polar surface area (TPSA) is 51.1 Å². The van der Waals surface area contributed by atoms with E-state index < -0.39 is 5.54 Å². The monoisotopic (exact) mass is 262 g/mol. The van der Waals surface area contributed by atoms with Crippen molar-refractivity contribution in [3.05, 3.63) is 34.6 Å². The largest absolute Gasteiger partial charge is 0.354 e. The summed E-state index contributed by atoms with van der Waals surface area (Å²) in [7, 11) is 0. The van der Waals surface area contributed by atoms with E-state index in [1.807, 2.05) is 31.2 Å². The van der Waals surface area contributed by atoms with E-state index in [2.05, 4.69) is 5.32 Å². The summed E-state index contributed by atoms with van der Waals surface area (Å²) in [6, 6.07) is 7.49. The third kappa shape index (κ3) is 1.50. The van der Waals surface area contributed by atoms with Crippen LogP contribution in [0.15, 0.2) is 29.1 Å². The molecule has 4 nitrogen and oxygen atoms in total. The first-order valence-electron chi connectivity index (χ1n) is 6.03.